The second kappa shape index (κ2) is 9.18. The van der Waals surface area contributed by atoms with E-state index in [4.69, 9.17) is 0 Å². The summed E-state index contributed by atoms with van der Waals surface area (Å²) in [7, 11) is 0. The summed E-state index contributed by atoms with van der Waals surface area (Å²) in [6, 6.07) is 7.40. The van der Waals surface area contributed by atoms with E-state index in [1.807, 2.05) is 24.3 Å². The zero-order valence-corrected chi connectivity index (χ0v) is 16.8. The van der Waals surface area contributed by atoms with Crippen LogP contribution in [0.1, 0.15) is 51.4 Å². The number of thiol groups is 2. The maximum Gasteiger partial charge on any atom is 0.227 e. The van der Waals surface area contributed by atoms with Crippen molar-refractivity contribution in [2.24, 2.45) is 11.8 Å². The van der Waals surface area contributed by atoms with Crippen molar-refractivity contribution in [1.29, 1.82) is 0 Å². The Hall–Kier alpha value is -1.14. The minimum atomic E-state index is 0.0831. The first-order valence-electron chi connectivity index (χ1n) is 9.59. The van der Waals surface area contributed by atoms with Gasteiger partial charge in [0.25, 0.3) is 0 Å². The van der Waals surface area contributed by atoms with Gasteiger partial charge in [-0.3, -0.25) is 9.59 Å². The van der Waals surface area contributed by atoms with Crippen LogP contribution in [0.4, 0.5) is 11.4 Å². The molecule has 3 rings (SSSR count). The summed E-state index contributed by atoms with van der Waals surface area (Å²) in [5.41, 5.74) is 1.55. The van der Waals surface area contributed by atoms with Gasteiger partial charge in [-0.2, -0.15) is 25.3 Å². The van der Waals surface area contributed by atoms with E-state index in [1.54, 1.807) is 0 Å². The number of carbonyl (C=O) groups excluding carboxylic acids is 2. The van der Waals surface area contributed by atoms with E-state index in [0.717, 1.165) is 62.7 Å². The monoisotopic (exact) mass is 392 g/mol. The average molecular weight is 393 g/mol. The number of hydrogen-bond donors (Lipinski definition) is 4. The van der Waals surface area contributed by atoms with Crippen LogP contribution in [-0.2, 0) is 9.59 Å². The van der Waals surface area contributed by atoms with Gasteiger partial charge in [-0.15, -0.1) is 0 Å². The Morgan fingerprint density at radius 2 is 0.962 bits per heavy atom. The summed E-state index contributed by atoms with van der Waals surface area (Å²) in [6.45, 7) is 0. The molecule has 0 aromatic heterocycles. The molecule has 0 bridgehead atoms. The highest BCUT2D eigenvalue weighted by Crippen LogP contribution is 2.29. The molecule has 2 aliphatic carbocycles. The van der Waals surface area contributed by atoms with Crippen LogP contribution < -0.4 is 10.6 Å². The number of rotatable bonds is 4. The fraction of sp³-hybridized carbons (Fsp3) is 0.600. The molecule has 1 aromatic carbocycles. The fourth-order valence-electron chi connectivity index (χ4n) is 3.80. The average Bonchev–Trinajstić information content (AvgIpc) is 2.64. The van der Waals surface area contributed by atoms with Gasteiger partial charge < -0.3 is 10.6 Å². The predicted molar refractivity (Wildman–Crippen MR) is 113 cm³/mol. The highest BCUT2D eigenvalue weighted by atomic mass is 32.1. The molecular formula is C20H28N2O2S2. The SMILES string of the molecule is O=C(Nc1ccc(NC(=O)C2CCC(S)CC2)cc1)C1CCC(S)CC1. The van der Waals surface area contributed by atoms with Crippen molar-refractivity contribution in [1.82, 2.24) is 0 Å². The molecule has 0 saturated heterocycles. The summed E-state index contributed by atoms with van der Waals surface area (Å²) < 4.78 is 0. The topological polar surface area (TPSA) is 58.2 Å². The molecule has 1 aromatic rings. The standard InChI is InChI=1S/C20H28N2O2S2/c23-19(13-1-9-17(25)10-2-13)21-15-5-7-16(8-6-15)22-20(24)14-3-11-18(26)12-4-14/h5-8,13-14,17-18,25-26H,1-4,9-12H2,(H,21,23)(H,22,24). The first kappa shape index (κ1) is 19.6. The number of anilines is 2. The van der Waals surface area contributed by atoms with Crippen molar-refractivity contribution in [2.75, 3.05) is 10.6 Å². The first-order chi connectivity index (χ1) is 12.5. The molecule has 0 atom stereocenters. The van der Waals surface area contributed by atoms with Crippen LogP contribution in [0.2, 0.25) is 0 Å². The van der Waals surface area contributed by atoms with Gasteiger partial charge in [-0.1, -0.05) is 0 Å². The van der Waals surface area contributed by atoms with Gasteiger partial charge >= 0.3 is 0 Å². The molecule has 0 aliphatic heterocycles. The van der Waals surface area contributed by atoms with E-state index in [2.05, 4.69) is 35.9 Å². The molecule has 0 unspecified atom stereocenters. The lowest BCUT2D eigenvalue weighted by atomic mass is 9.88. The summed E-state index contributed by atoms with van der Waals surface area (Å²) in [6.07, 6.45) is 7.63. The Labute approximate surface area is 166 Å². The minimum Gasteiger partial charge on any atom is -0.326 e. The number of nitrogens with one attached hydrogen (secondary N) is 2. The normalized spacial score (nSPS) is 29.0. The molecule has 2 fully saturated rings. The van der Waals surface area contributed by atoms with Crippen LogP contribution in [0.3, 0.4) is 0 Å². The third-order valence-electron chi connectivity index (χ3n) is 5.55. The maximum atomic E-state index is 12.4. The highest BCUT2D eigenvalue weighted by molar-refractivity contribution is 7.81. The van der Waals surface area contributed by atoms with E-state index < -0.39 is 0 Å². The van der Waals surface area contributed by atoms with Gasteiger partial charge in [0.15, 0.2) is 0 Å². The second-order valence-corrected chi connectivity index (χ2v) is 9.03. The molecule has 0 heterocycles. The van der Waals surface area contributed by atoms with Crippen LogP contribution >= 0.6 is 25.3 Å². The molecule has 6 heteroatoms. The summed E-state index contributed by atoms with van der Waals surface area (Å²) in [4.78, 5) is 24.7. The third-order valence-corrected chi connectivity index (χ3v) is 6.59. The summed E-state index contributed by atoms with van der Waals surface area (Å²) >= 11 is 8.96. The first-order valence-corrected chi connectivity index (χ1v) is 10.6. The smallest absolute Gasteiger partial charge is 0.227 e. The molecule has 2 aliphatic rings. The second-order valence-electron chi connectivity index (χ2n) is 7.57. The lowest BCUT2D eigenvalue weighted by molar-refractivity contribution is -0.121. The molecule has 2 N–H and O–H groups in total. The Bertz CT molecular complexity index is 564. The predicted octanol–water partition coefficient (Wildman–Crippen LogP) is 4.54. The maximum absolute atomic E-state index is 12.4. The van der Waals surface area contributed by atoms with Crippen LogP contribution in [0.25, 0.3) is 0 Å². The number of hydrogen-bond acceptors (Lipinski definition) is 4. The molecule has 4 nitrogen and oxygen atoms in total. The van der Waals surface area contributed by atoms with E-state index in [0.29, 0.717) is 10.5 Å². The van der Waals surface area contributed by atoms with Crippen LogP contribution in [0.5, 0.6) is 0 Å². The van der Waals surface area contributed by atoms with Crippen molar-refractivity contribution in [3.8, 4) is 0 Å². The lowest BCUT2D eigenvalue weighted by Gasteiger charge is -2.25. The molecular weight excluding hydrogens is 364 g/mol. The van der Waals surface area contributed by atoms with Crippen molar-refractivity contribution in [3.63, 3.8) is 0 Å². The van der Waals surface area contributed by atoms with E-state index in [-0.39, 0.29) is 23.7 Å². The molecule has 2 amide bonds. The Morgan fingerprint density at radius 1 is 0.654 bits per heavy atom. The van der Waals surface area contributed by atoms with E-state index in [1.165, 1.54) is 0 Å². The Morgan fingerprint density at radius 3 is 1.27 bits per heavy atom. The molecule has 142 valence electrons. The fourth-order valence-corrected chi connectivity index (χ4v) is 4.40. The molecule has 26 heavy (non-hydrogen) atoms. The van der Waals surface area contributed by atoms with Crippen LogP contribution in [-0.4, -0.2) is 22.3 Å². The lowest BCUT2D eigenvalue weighted by Crippen LogP contribution is -2.28. The highest BCUT2D eigenvalue weighted by Gasteiger charge is 2.26. The largest absolute Gasteiger partial charge is 0.326 e. The number of carbonyl (C=O) groups is 2. The van der Waals surface area contributed by atoms with Crippen LogP contribution in [0.15, 0.2) is 24.3 Å². The van der Waals surface area contributed by atoms with Crippen molar-refractivity contribution < 1.29 is 9.59 Å². The van der Waals surface area contributed by atoms with Gasteiger partial charge in [0.2, 0.25) is 11.8 Å². The Kier molecular flexibility index (Phi) is 6.92. The van der Waals surface area contributed by atoms with Gasteiger partial charge in [-0.25, -0.2) is 0 Å². The van der Waals surface area contributed by atoms with E-state index in [9.17, 15) is 9.59 Å². The van der Waals surface area contributed by atoms with Crippen molar-refractivity contribution in [2.45, 2.75) is 61.9 Å². The van der Waals surface area contributed by atoms with Crippen molar-refractivity contribution >= 4 is 48.4 Å². The van der Waals surface area contributed by atoms with Gasteiger partial charge in [0.05, 0.1) is 0 Å². The van der Waals surface area contributed by atoms with Crippen LogP contribution in [0, 0.1) is 11.8 Å². The molecule has 0 spiro atoms. The van der Waals surface area contributed by atoms with Gasteiger partial charge in [-0.05, 0) is 75.6 Å². The zero-order valence-electron chi connectivity index (χ0n) is 15.0. The summed E-state index contributed by atoms with van der Waals surface area (Å²) in [5.74, 6) is 0.343. The summed E-state index contributed by atoms with van der Waals surface area (Å²) in [5, 5.41) is 6.85. The van der Waals surface area contributed by atoms with Gasteiger partial charge in [0, 0.05) is 33.7 Å². The minimum absolute atomic E-state index is 0.0831. The Balaban J connectivity index is 1.48. The van der Waals surface area contributed by atoms with Gasteiger partial charge in [0.1, 0.15) is 0 Å². The van der Waals surface area contributed by atoms with Crippen molar-refractivity contribution in [3.05, 3.63) is 24.3 Å². The molecule has 2 saturated carbocycles. The zero-order chi connectivity index (χ0) is 18.5. The van der Waals surface area contributed by atoms with E-state index >= 15 is 0 Å². The molecule has 0 radical (unpaired) electrons. The quantitative estimate of drug-likeness (QED) is 0.569. The third kappa shape index (κ3) is 5.43. The number of amides is 2. The number of benzene rings is 1.